The summed E-state index contributed by atoms with van der Waals surface area (Å²) in [7, 11) is 0. The number of carbonyl (C=O) groups excluding carboxylic acids is 4. The third-order valence-corrected chi connectivity index (χ3v) is 4.42. The van der Waals surface area contributed by atoms with Crippen molar-refractivity contribution >= 4 is 23.8 Å². The molecule has 1 atom stereocenters. The van der Waals surface area contributed by atoms with Gasteiger partial charge in [-0.05, 0) is 24.3 Å². The van der Waals surface area contributed by atoms with Gasteiger partial charge in [0, 0.05) is 6.42 Å². The van der Waals surface area contributed by atoms with Gasteiger partial charge in [0.25, 0.3) is 11.8 Å². The number of ether oxygens (including phenoxy) is 1. The Kier molecular flexibility index (Phi) is 6.55. The van der Waals surface area contributed by atoms with E-state index < -0.39 is 36.0 Å². The second-order valence-electron chi connectivity index (χ2n) is 6.82. The molecule has 0 radical (unpaired) electrons. The van der Waals surface area contributed by atoms with E-state index in [0.29, 0.717) is 29.3 Å². The summed E-state index contributed by atoms with van der Waals surface area (Å²) in [6.45, 7) is 5.17. The highest BCUT2D eigenvalue weighted by atomic mass is 16.5. The Morgan fingerprint density at radius 2 is 1.89 bits per heavy atom. The molecule has 2 N–H and O–H groups in total. The Morgan fingerprint density at radius 3 is 2.48 bits per heavy atom. The number of nitrogens with one attached hydrogen (secondary N) is 2. The highest BCUT2D eigenvalue weighted by Crippen LogP contribution is 2.31. The van der Waals surface area contributed by atoms with Crippen LogP contribution in [-0.4, -0.2) is 35.4 Å². The lowest BCUT2D eigenvalue weighted by atomic mass is 9.87. The van der Waals surface area contributed by atoms with Crippen molar-refractivity contribution in [2.45, 2.75) is 45.6 Å². The zero-order valence-corrected chi connectivity index (χ0v) is 15.8. The third kappa shape index (κ3) is 4.64. The molecule has 1 heterocycles. The molecular formula is C19H25N3O5. The average Bonchev–Trinajstić information content (AvgIpc) is 2.90. The monoisotopic (exact) mass is 375 g/mol. The standard InChI is InChI=1S/C19H25N3O5/c1-4-19(14-8-6-5-7-9-14)17(25)22(18(26)20-19)21-15(23)12-27-16(24)11-10-13(2)3/h5-9,13H,4,10-12H2,1-3H3,(H,20,26)(H,21,23)/t19-/m1/s1. The molecule has 1 saturated heterocycles. The molecule has 0 saturated carbocycles. The van der Waals surface area contributed by atoms with Crippen molar-refractivity contribution in [3.63, 3.8) is 0 Å². The first-order valence-electron chi connectivity index (χ1n) is 8.97. The summed E-state index contributed by atoms with van der Waals surface area (Å²) in [5.74, 6) is -1.49. The topological polar surface area (TPSA) is 105 Å². The van der Waals surface area contributed by atoms with Gasteiger partial charge in [-0.1, -0.05) is 51.1 Å². The van der Waals surface area contributed by atoms with Crippen molar-refractivity contribution in [2.75, 3.05) is 6.61 Å². The summed E-state index contributed by atoms with van der Waals surface area (Å²) in [5, 5.41) is 3.29. The Morgan fingerprint density at radius 1 is 1.22 bits per heavy atom. The molecule has 27 heavy (non-hydrogen) atoms. The van der Waals surface area contributed by atoms with Gasteiger partial charge < -0.3 is 10.1 Å². The fourth-order valence-corrected chi connectivity index (χ4v) is 2.82. The number of nitrogens with zero attached hydrogens (tertiary/aromatic N) is 1. The minimum atomic E-state index is -1.24. The predicted octanol–water partition coefficient (Wildman–Crippen LogP) is 1.85. The molecule has 1 fully saturated rings. The smallest absolute Gasteiger partial charge is 0.344 e. The molecule has 2 rings (SSSR count). The molecule has 146 valence electrons. The Bertz CT molecular complexity index is 719. The number of esters is 1. The first kappa shape index (κ1) is 20.4. The van der Waals surface area contributed by atoms with Crippen molar-refractivity contribution < 1.29 is 23.9 Å². The molecule has 0 aromatic heterocycles. The third-order valence-electron chi connectivity index (χ3n) is 4.42. The van der Waals surface area contributed by atoms with Crippen LogP contribution in [0.3, 0.4) is 0 Å². The first-order valence-corrected chi connectivity index (χ1v) is 8.97. The molecule has 4 amide bonds. The molecule has 0 unspecified atom stereocenters. The minimum absolute atomic E-state index is 0.209. The normalized spacial score (nSPS) is 19.2. The number of rotatable bonds is 8. The number of hydrogen-bond acceptors (Lipinski definition) is 5. The first-order chi connectivity index (χ1) is 12.8. The lowest BCUT2D eigenvalue weighted by Crippen LogP contribution is -2.49. The van der Waals surface area contributed by atoms with Gasteiger partial charge in [-0.25, -0.2) is 4.79 Å². The van der Waals surface area contributed by atoms with E-state index in [0.717, 1.165) is 0 Å². The van der Waals surface area contributed by atoms with Gasteiger partial charge in [-0.3, -0.25) is 19.8 Å². The summed E-state index contributed by atoms with van der Waals surface area (Å²) in [6.07, 6.45) is 1.18. The number of hydrogen-bond donors (Lipinski definition) is 2. The molecule has 1 aromatic rings. The van der Waals surface area contributed by atoms with E-state index in [4.69, 9.17) is 4.74 Å². The van der Waals surface area contributed by atoms with Gasteiger partial charge in [-0.15, -0.1) is 0 Å². The van der Waals surface area contributed by atoms with Crippen LogP contribution in [0.1, 0.15) is 45.6 Å². The Labute approximate surface area is 158 Å². The molecule has 1 aromatic carbocycles. The van der Waals surface area contributed by atoms with E-state index in [1.54, 1.807) is 37.3 Å². The summed E-state index contributed by atoms with van der Waals surface area (Å²) >= 11 is 0. The van der Waals surface area contributed by atoms with E-state index in [1.807, 2.05) is 13.8 Å². The number of amides is 4. The lowest BCUT2D eigenvalue weighted by Gasteiger charge is -2.25. The van der Waals surface area contributed by atoms with E-state index in [2.05, 4.69) is 10.7 Å². The van der Waals surface area contributed by atoms with E-state index in [-0.39, 0.29) is 6.42 Å². The molecule has 0 bridgehead atoms. The van der Waals surface area contributed by atoms with Crippen molar-refractivity contribution in [2.24, 2.45) is 5.92 Å². The fourth-order valence-electron chi connectivity index (χ4n) is 2.82. The number of carbonyl (C=O) groups is 4. The second kappa shape index (κ2) is 8.66. The van der Waals surface area contributed by atoms with Gasteiger partial charge in [0.2, 0.25) is 0 Å². The van der Waals surface area contributed by atoms with E-state index in [1.165, 1.54) is 0 Å². The summed E-state index contributed by atoms with van der Waals surface area (Å²) in [4.78, 5) is 48.7. The molecule has 0 aliphatic carbocycles. The summed E-state index contributed by atoms with van der Waals surface area (Å²) in [5.41, 5.74) is 1.60. The maximum Gasteiger partial charge on any atom is 0.344 e. The molecule has 1 aliphatic rings. The number of benzene rings is 1. The molecule has 8 heteroatoms. The van der Waals surface area contributed by atoms with Crippen LogP contribution in [0, 0.1) is 5.92 Å². The van der Waals surface area contributed by atoms with Crippen LogP contribution in [0.5, 0.6) is 0 Å². The van der Waals surface area contributed by atoms with Crippen molar-refractivity contribution in [3.8, 4) is 0 Å². The number of hydrazine groups is 1. The molecule has 1 aliphatic heterocycles. The molecule has 8 nitrogen and oxygen atoms in total. The summed E-state index contributed by atoms with van der Waals surface area (Å²) < 4.78 is 4.88. The van der Waals surface area contributed by atoms with Crippen LogP contribution in [-0.2, 0) is 24.7 Å². The highest BCUT2D eigenvalue weighted by molar-refractivity contribution is 6.08. The highest BCUT2D eigenvalue weighted by Gasteiger charge is 2.52. The van der Waals surface area contributed by atoms with Crippen molar-refractivity contribution in [1.82, 2.24) is 15.8 Å². The zero-order valence-electron chi connectivity index (χ0n) is 15.8. The van der Waals surface area contributed by atoms with Crippen LogP contribution in [0.4, 0.5) is 4.79 Å². The Balaban J connectivity index is 1.99. The van der Waals surface area contributed by atoms with E-state index in [9.17, 15) is 19.2 Å². The quantitative estimate of drug-likeness (QED) is 0.533. The van der Waals surface area contributed by atoms with Gasteiger partial charge in [0.05, 0.1) is 0 Å². The average molecular weight is 375 g/mol. The van der Waals surface area contributed by atoms with Crippen LogP contribution in [0.2, 0.25) is 0 Å². The van der Waals surface area contributed by atoms with Crippen molar-refractivity contribution in [1.29, 1.82) is 0 Å². The maximum absolute atomic E-state index is 12.8. The van der Waals surface area contributed by atoms with Crippen LogP contribution in [0.15, 0.2) is 30.3 Å². The van der Waals surface area contributed by atoms with Gasteiger partial charge in [0.15, 0.2) is 6.61 Å². The lowest BCUT2D eigenvalue weighted by molar-refractivity contribution is -0.150. The SMILES string of the molecule is CC[C@]1(c2ccccc2)NC(=O)N(NC(=O)COC(=O)CCC(C)C)C1=O. The maximum atomic E-state index is 12.8. The van der Waals surface area contributed by atoms with Gasteiger partial charge in [0.1, 0.15) is 5.54 Å². The van der Waals surface area contributed by atoms with Crippen molar-refractivity contribution in [3.05, 3.63) is 35.9 Å². The predicted molar refractivity (Wildman–Crippen MR) is 97.0 cm³/mol. The Hall–Kier alpha value is -2.90. The fraction of sp³-hybridized carbons (Fsp3) is 0.474. The zero-order chi connectivity index (χ0) is 20.0. The van der Waals surface area contributed by atoms with Gasteiger partial charge >= 0.3 is 12.0 Å². The number of urea groups is 1. The largest absolute Gasteiger partial charge is 0.455 e. The second-order valence-corrected chi connectivity index (χ2v) is 6.82. The van der Waals surface area contributed by atoms with Gasteiger partial charge in [-0.2, -0.15) is 5.01 Å². The van der Waals surface area contributed by atoms with E-state index >= 15 is 0 Å². The number of imide groups is 1. The van der Waals surface area contributed by atoms with Crippen LogP contribution in [0.25, 0.3) is 0 Å². The van der Waals surface area contributed by atoms with Crippen LogP contribution >= 0.6 is 0 Å². The minimum Gasteiger partial charge on any atom is -0.455 e. The summed E-state index contributed by atoms with van der Waals surface area (Å²) in [6, 6.07) is 8.09. The van der Waals surface area contributed by atoms with Crippen LogP contribution < -0.4 is 10.7 Å². The molecular weight excluding hydrogens is 350 g/mol. The molecule has 0 spiro atoms.